The van der Waals surface area contributed by atoms with Gasteiger partial charge in [0.1, 0.15) is 0 Å². The first-order valence-corrected chi connectivity index (χ1v) is 14.4. The second-order valence-electron chi connectivity index (χ2n) is 8.82. The van der Waals surface area contributed by atoms with Crippen LogP contribution in [0.5, 0.6) is 0 Å². The minimum atomic E-state index is -3.87. The van der Waals surface area contributed by atoms with Crippen molar-refractivity contribution in [2.45, 2.75) is 49.6 Å². The second kappa shape index (κ2) is 9.83. The van der Waals surface area contributed by atoms with Gasteiger partial charge in [-0.15, -0.1) is 0 Å². The van der Waals surface area contributed by atoms with Crippen molar-refractivity contribution < 1.29 is 22.8 Å². The van der Waals surface area contributed by atoms with Crippen LogP contribution >= 0.6 is 35.0 Å². The van der Waals surface area contributed by atoms with Gasteiger partial charge >= 0.3 is 0 Å². The Morgan fingerprint density at radius 3 is 2.42 bits per heavy atom. The van der Waals surface area contributed by atoms with Crippen molar-refractivity contribution in [2.24, 2.45) is 0 Å². The molecule has 1 aliphatic carbocycles. The molecule has 1 saturated heterocycles. The molecule has 2 heterocycles. The summed E-state index contributed by atoms with van der Waals surface area (Å²) in [6, 6.07) is 9.22. The van der Waals surface area contributed by atoms with E-state index < -0.39 is 27.1 Å². The molecular weight excluding hydrogens is 545 g/mol. The Morgan fingerprint density at radius 1 is 1.00 bits per heavy atom. The number of hydrogen-bond acceptors (Lipinski definition) is 6. The summed E-state index contributed by atoms with van der Waals surface area (Å²) in [4.78, 5) is 39.3. The minimum absolute atomic E-state index is 0.00636. The lowest BCUT2D eigenvalue weighted by molar-refractivity contribution is -0.116. The number of fused-ring (bicyclic) bond motifs is 1. The highest BCUT2D eigenvalue weighted by Gasteiger charge is 2.40. The molecule has 2 aromatic carbocycles. The molecule has 3 aliphatic rings. The minimum Gasteiger partial charge on any atom is -0.303 e. The van der Waals surface area contributed by atoms with E-state index in [-0.39, 0.29) is 33.5 Å². The molecule has 0 radical (unpaired) electrons. The zero-order chi connectivity index (χ0) is 25.6. The van der Waals surface area contributed by atoms with Gasteiger partial charge in [-0.05, 0) is 60.5 Å². The smallest absolute Gasteiger partial charge is 0.290 e. The maximum Gasteiger partial charge on any atom is 0.290 e. The Morgan fingerprint density at radius 2 is 1.75 bits per heavy atom. The van der Waals surface area contributed by atoms with Crippen molar-refractivity contribution in [3.05, 3.63) is 62.5 Å². The van der Waals surface area contributed by atoms with Crippen molar-refractivity contribution in [1.29, 1.82) is 0 Å². The predicted octanol–water partition coefficient (Wildman–Crippen LogP) is 4.85. The fraction of sp³-hybridized carbons (Fsp3) is 0.292. The lowest BCUT2D eigenvalue weighted by Crippen LogP contribution is -2.36. The highest BCUT2D eigenvalue weighted by atomic mass is 35.5. The number of carbonyl (C=O) groups excluding carboxylic acids is 3. The van der Waals surface area contributed by atoms with Crippen molar-refractivity contribution in [3.8, 4) is 0 Å². The highest BCUT2D eigenvalue weighted by molar-refractivity contribution is 8.18. The molecule has 2 N–H and O–H groups in total. The van der Waals surface area contributed by atoms with Gasteiger partial charge < -0.3 is 4.90 Å². The predicted molar refractivity (Wildman–Crippen MR) is 139 cm³/mol. The number of nitrogens with zero attached hydrogens (tertiary/aromatic N) is 1. The van der Waals surface area contributed by atoms with E-state index >= 15 is 0 Å². The Hall–Kier alpha value is -2.37. The quantitative estimate of drug-likeness (QED) is 0.501. The van der Waals surface area contributed by atoms with Crippen LogP contribution in [-0.4, -0.2) is 31.5 Å². The summed E-state index contributed by atoms with van der Waals surface area (Å²) in [5.41, 5.74) is 1.38. The Kier molecular flexibility index (Phi) is 6.90. The van der Waals surface area contributed by atoms with Crippen molar-refractivity contribution in [2.75, 3.05) is 4.90 Å². The van der Waals surface area contributed by atoms with Gasteiger partial charge in [-0.2, -0.15) is 0 Å². The molecule has 3 amide bonds. The Labute approximate surface area is 222 Å². The first-order chi connectivity index (χ1) is 17.1. The molecule has 0 bridgehead atoms. The van der Waals surface area contributed by atoms with Crippen LogP contribution in [0.2, 0.25) is 10.0 Å². The zero-order valence-electron chi connectivity index (χ0n) is 18.8. The third-order valence-electron chi connectivity index (χ3n) is 6.39. The lowest BCUT2D eigenvalue weighted by atomic mass is 9.96. The fourth-order valence-corrected chi connectivity index (χ4v) is 7.08. The topological polar surface area (TPSA) is 113 Å². The average Bonchev–Trinajstić information content (AvgIpc) is 3.30. The van der Waals surface area contributed by atoms with Gasteiger partial charge in [-0.3, -0.25) is 19.7 Å². The van der Waals surface area contributed by atoms with Gasteiger partial charge in [0.2, 0.25) is 10.0 Å². The summed E-state index contributed by atoms with van der Waals surface area (Å²) in [5.74, 6) is -1.21. The van der Waals surface area contributed by atoms with Gasteiger partial charge in [0.25, 0.3) is 17.1 Å². The number of thioether (sulfide) groups is 1. The number of benzene rings is 2. The van der Waals surface area contributed by atoms with Crippen LogP contribution in [0.4, 0.5) is 10.5 Å². The SMILES string of the molecule is O=C1NC(=O)/C(=C2/C(=O)N(Cc3ccc(Cl)c(Cl)c3)c3ccc(S(=O)(=O)NC4CCCCC4)cc32)S1. The third kappa shape index (κ3) is 4.80. The molecule has 188 valence electrons. The first-order valence-electron chi connectivity index (χ1n) is 11.3. The summed E-state index contributed by atoms with van der Waals surface area (Å²) < 4.78 is 29.1. The Bertz CT molecular complexity index is 1440. The largest absolute Gasteiger partial charge is 0.303 e. The molecule has 8 nitrogen and oxygen atoms in total. The van der Waals surface area contributed by atoms with Gasteiger partial charge in [0.15, 0.2) is 0 Å². The summed E-state index contributed by atoms with van der Waals surface area (Å²) >= 11 is 12.8. The van der Waals surface area contributed by atoms with E-state index in [1.54, 1.807) is 24.3 Å². The maximum atomic E-state index is 13.6. The van der Waals surface area contributed by atoms with Crippen LogP contribution in [0.3, 0.4) is 0 Å². The molecule has 36 heavy (non-hydrogen) atoms. The molecule has 12 heteroatoms. The van der Waals surface area contributed by atoms with Crippen LogP contribution in [0, 0.1) is 0 Å². The number of amides is 3. The fourth-order valence-electron chi connectivity index (χ4n) is 4.66. The van der Waals surface area contributed by atoms with Gasteiger partial charge in [0.05, 0.1) is 37.7 Å². The number of carbonyl (C=O) groups is 3. The molecule has 5 rings (SSSR count). The number of hydrogen-bond donors (Lipinski definition) is 2. The standard InChI is InChI=1S/C24H21Cl2N3O5S2/c25-17-8-6-13(10-18(17)26)12-29-19-9-7-15(36(33,34)28-14-4-2-1-3-5-14)11-16(19)20(23(29)31)21-22(30)27-24(32)35-21/h6-11,14,28H,1-5,12H2,(H,27,30,32)/b21-20-. The lowest BCUT2D eigenvalue weighted by Gasteiger charge is -2.23. The van der Waals surface area contributed by atoms with Gasteiger partial charge in [-0.25, -0.2) is 13.1 Å². The van der Waals surface area contributed by atoms with E-state index in [2.05, 4.69) is 10.0 Å². The molecule has 2 fully saturated rings. The van der Waals surface area contributed by atoms with Crippen LogP contribution in [0.25, 0.3) is 5.57 Å². The molecule has 1 saturated carbocycles. The number of anilines is 1. The molecular formula is C24H21Cl2N3O5S2. The summed E-state index contributed by atoms with van der Waals surface area (Å²) in [7, 11) is -3.87. The summed E-state index contributed by atoms with van der Waals surface area (Å²) in [5, 5.41) is 2.27. The van der Waals surface area contributed by atoms with Gasteiger partial charge in [0, 0.05) is 11.6 Å². The highest BCUT2D eigenvalue weighted by Crippen LogP contribution is 2.44. The maximum absolute atomic E-state index is 13.6. The van der Waals surface area contributed by atoms with Crippen LogP contribution < -0.4 is 14.9 Å². The molecule has 0 spiro atoms. The summed E-state index contributed by atoms with van der Waals surface area (Å²) in [6.45, 7) is 0.103. The number of nitrogens with one attached hydrogen (secondary N) is 2. The number of halogens is 2. The monoisotopic (exact) mass is 565 g/mol. The third-order valence-corrected chi connectivity index (χ3v) is 9.53. The van der Waals surface area contributed by atoms with E-state index in [4.69, 9.17) is 23.2 Å². The number of imide groups is 1. The van der Waals surface area contributed by atoms with Crippen LogP contribution in [-0.2, 0) is 26.2 Å². The second-order valence-corrected chi connectivity index (χ2v) is 12.3. The average molecular weight is 566 g/mol. The van der Waals surface area contributed by atoms with Crippen LogP contribution in [0.15, 0.2) is 46.2 Å². The van der Waals surface area contributed by atoms with E-state index in [1.807, 2.05) is 0 Å². The zero-order valence-corrected chi connectivity index (χ0v) is 22.0. The molecule has 2 aliphatic heterocycles. The normalized spacial score (nSPS) is 20.7. The van der Waals surface area contributed by atoms with Crippen molar-refractivity contribution in [1.82, 2.24) is 10.0 Å². The molecule has 0 atom stereocenters. The number of sulfonamides is 1. The molecule has 0 unspecified atom stereocenters. The van der Waals surface area contributed by atoms with E-state index in [1.165, 1.54) is 17.0 Å². The molecule has 0 aromatic heterocycles. The number of rotatable bonds is 5. The first kappa shape index (κ1) is 25.3. The molecule has 2 aromatic rings. The van der Waals surface area contributed by atoms with E-state index in [0.29, 0.717) is 33.1 Å². The summed E-state index contributed by atoms with van der Waals surface area (Å²) in [6.07, 6.45) is 4.56. The van der Waals surface area contributed by atoms with Crippen LogP contribution in [0.1, 0.15) is 43.2 Å². The van der Waals surface area contributed by atoms with Crippen molar-refractivity contribution in [3.63, 3.8) is 0 Å². The van der Waals surface area contributed by atoms with Crippen molar-refractivity contribution >= 4 is 73.3 Å². The van der Waals surface area contributed by atoms with E-state index in [9.17, 15) is 22.8 Å². The van der Waals surface area contributed by atoms with Gasteiger partial charge in [-0.1, -0.05) is 48.5 Å². The van der Waals surface area contributed by atoms with E-state index in [0.717, 1.165) is 32.1 Å². The Balaban J connectivity index is 1.57.